The van der Waals surface area contributed by atoms with Crippen LogP contribution in [-0.4, -0.2) is 21.7 Å². The molecule has 72 valence electrons. The monoisotopic (exact) mass is 184 g/mol. The Kier molecular flexibility index (Phi) is 2.27. The molecule has 0 aliphatic heterocycles. The SMILES string of the molecule is CCNc1nn(O)c(=N)c(N)c1N. The summed E-state index contributed by atoms with van der Waals surface area (Å²) in [6.45, 7) is 2.46. The van der Waals surface area contributed by atoms with Crippen LogP contribution in [0.25, 0.3) is 0 Å². The van der Waals surface area contributed by atoms with Crippen molar-refractivity contribution in [3.8, 4) is 0 Å². The number of rotatable bonds is 2. The van der Waals surface area contributed by atoms with Gasteiger partial charge in [-0.25, -0.2) is 0 Å². The second kappa shape index (κ2) is 3.21. The fraction of sp³-hybridized carbons (Fsp3) is 0.333. The number of nitrogens with zero attached hydrogens (tertiary/aromatic N) is 2. The Labute approximate surface area is 74.4 Å². The molecule has 0 saturated heterocycles. The van der Waals surface area contributed by atoms with Gasteiger partial charge in [0, 0.05) is 6.54 Å². The summed E-state index contributed by atoms with van der Waals surface area (Å²) in [6, 6.07) is 0. The summed E-state index contributed by atoms with van der Waals surface area (Å²) >= 11 is 0. The molecule has 0 aliphatic carbocycles. The third-order valence-electron chi connectivity index (χ3n) is 1.54. The van der Waals surface area contributed by atoms with E-state index in [2.05, 4.69) is 10.4 Å². The Morgan fingerprint density at radius 3 is 2.69 bits per heavy atom. The van der Waals surface area contributed by atoms with Crippen LogP contribution in [-0.2, 0) is 0 Å². The molecule has 7 nitrogen and oxygen atoms in total. The van der Waals surface area contributed by atoms with E-state index >= 15 is 0 Å². The van der Waals surface area contributed by atoms with Gasteiger partial charge in [-0.05, 0) is 6.92 Å². The summed E-state index contributed by atoms with van der Waals surface area (Å²) in [7, 11) is 0. The van der Waals surface area contributed by atoms with E-state index in [1.54, 1.807) is 0 Å². The third-order valence-corrected chi connectivity index (χ3v) is 1.54. The number of hydrogen-bond acceptors (Lipinski definition) is 6. The largest absolute Gasteiger partial charge is 0.410 e. The number of nitrogens with one attached hydrogen (secondary N) is 2. The predicted molar refractivity (Wildman–Crippen MR) is 48.3 cm³/mol. The maximum Gasteiger partial charge on any atom is 0.207 e. The van der Waals surface area contributed by atoms with Crippen LogP contribution in [0, 0.1) is 5.41 Å². The normalized spacial score (nSPS) is 9.92. The van der Waals surface area contributed by atoms with Crippen molar-refractivity contribution in [1.82, 2.24) is 9.94 Å². The summed E-state index contributed by atoms with van der Waals surface area (Å²) in [6.07, 6.45) is 0. The molecule has 1 aromatic rings. The van der Waals surface area contributed by atoms with Gasteiger partial charge in [0.1, 0.15) is 11.4 Å². The average molecular weight is 184 g/mol. The molecule has 0 spiro atoms. The zero-order chi connectivity index (χ0) is 10.0. The fourth-order valence-corrected chi connectivity index (χ4v) is 0.859. The first kappa shape index (κ1) is 9.17. The van der Waals surface area contributed by atoms with Crippen LogP contribution in [0.5, 0.6) is 0 Å². The molecule has 0 amide bonds. The lowest BCUT2D eigenvalue weighted by Crippen LogP contribution is -2.26. The molecule has 1 heterocycles. The Morgan fingerprint density at radius 2 is 2.15 bits per heavy atom. The van der Waals surface area contributed by atoms with E-state index in [1.165, 1.54) is 0 Å². The lowest BCUT2D eigenvalue weighted by Gasteiger charge is -2.09. The highest BCUT2D eigenvalue weighted by Gasteiger charge is 2.08. The molecule has 0 bridgehead atoms. The van der Waals surface area contributed by atoms with Crippen LogP contribution < -0.4 is 22.3 Å². The van der Waals surface area contributed by atoms with Crippen LogP contribution >= 0.6 is 0 Å². The zero-order valence-electron chi connectivity index (χ0n) is 7.20. The van der Waals surface area contributed by atoms with Crippen molar-refractivity contribution in [2.75, 3.05) is 23.3 Å². The van der Waals surface area contributed by atoms with E-state index in [-0.39, 0.29) is 22.7 Å². The van der Waals surface area contributed by atoms with Crippen LogP contribution in [0.1, 0.15) is 6.92 Å². The quantitative estimate of drug-likeness (QED) is 0.384. The van der Waals surface area contributed by atoms with Crippen molar-refractivity contribution in [1.29, 1.82) is 5.41 Å². The molecule has 7 N–H and O–H groups in total. The van der Waals surface area contributed by atoms with Gasteiger partial charge in [0.15, 0.2) is 5.82 Å². The van der Waals surface area contributed by atoms with Crippen LogP contribution in [0.3, 0.4) is 0 Å². The van der Waals surface area contributed by atoms with Gasteiger partial charge >= 0.3 is 0 Å². The zero-order valence-corrected chi connectivity index (χ0v) is 7.20. The molecule has 1 rings (SSSR count). The molecular formula is C6H12N6O. The van der Waals surface area contributed by atoms with Gasteiger partial charge in [-0.15, -0.1) is 5.10 Å². The minimum atomic E-state index is -0.320. The lowest BCUT2D eigenvalue weighted by molar-refractivity contribution is 0.132. The molecule has 0 aromatic carbocycles. The van der Waals surface area contributed by atoms with Gasteiger partial charge in [-0.2, -0.15) is 0 Å². The standard InChI is InChI=1S/C6H12N6O/c1-2-10-6-4(8)3(7)5(9)12(13)11-6/h9,13H,2,7-8H2,1H3,(H,10,11). The van der Waals surface area contributed by atoms with Crippen LogP contribution in [0.15, 0.2) is 0 Å². The first-order valence-corrected chi connectivity index (χ1v) is 3.74. The maximum atomic E-state index is 9.07. The van der Waals surface area contributed by atoms with Gasteiger partial charge in [-0.1, -0.05) is 4.85 Å². The van der Waals surface area contributed by atoms with Crippen molar-refractivity contribution in [3.05, 3.63) is 5.49 Å². The van der Waals surface area contributed by atoms with Crippen molar-refractivity contribution < 1.29 is 5.21 Å². The van der Waals surface area contributed by atoms with Crippen molar-refractivity contribution in [2.24, 2.45) is 0 Å². The molecule has 0 radical (unpaired) electrons. The molecular weight excluding hydrogens is 172 g/mol. The summed E-state index contributed by atoms with van der Waals surface area (Å²) in [5.74, 6) is 0.276. The van der Waals surface area contributed by atoms with Crippen LogP contribution in [0.2, 0.25) is 0 Å². The molecule has 0 aliphatic rings. The van der Waals surface area contributed by atoms with Gasteiger partial charge in [-0.3, -0.25) is 5.41 Å². The van der Waals surface area contributed by atoms with Gasteiger partial charge < -0.3 is 22.0 Å². The second-order valence-electron chi connectivity index (χ2n) is 2.44. The molecule has 7 heteroatoms. The summed E-state index contributed by atoms with van der Waals surface area (Å²) in [5, 5.41) is 22.7. The number of aromatic nitrogens is 2. The highest BCUT2D eigenvalue weighted by atomic mass is 16.5. The smallest absolute Gasteiger partial charge is 0.207 e. The van der Waals surface area contributed by atoms with E-state index in [9.17, 15) is 0 Å². The average Bonchev–Trinajstić information content (AvgIpc) is 2.11. The Morgan fingerprint density at radius 1 is 1.54 bits per heavy atom. The molecule has 0 fully saturated rings. The Balaban J connectivity index is 3.32. The van der Waals surface area contributed by atoms with Crippen molar-refractivity contribution >= 4 is 17.2 Å². The van der Waals surface area contributed by atoms with Crippen molar-refractivity contribution in [3.63, 3.8) is 0 Å². The fourth-order valence-electron chi connectivity index (χ4n) is 0.859. The molecule has 0 unspecified atom stereocenters. The molecule has 0 saturated carbocycles. The third kappa shape index (κ3) is 1.48. The van der Waals surface area contributed by atoms with E-state index in [0.29, 0.717) is 11.4 Å². The topological polar surface area (TPSA) is 126 Å². The van der Waals surface area contributed by atoms with E-state index in [1.807, 2.05) is 6.92 Å². The lowest BCUT2D eigenvalue weighted by atomic mass is 10.3. The van der Waals surface area contributed by atoms with Gasteiger partial charge in [0.25, 0.3) is 0 Å². The summed E-state index contributed by atoms with van der Waals surface area (Å²) in [5.41, 5.74) is 10.8. The van der Waals surface area contributed by atoms with E-state index < -0.39 is 0 Å². The Hall–Kier alpha value is -1.92. The van der Waals surface area contributed by atoms with Gasteiger partial charge in [0.05, 0.1) is 0 Å². The second-order valence-corrected chi connectivity index (χ2v) is 2.44. The predicted octanol–water partition coefficient (Wildman–Crippen LogP) is -0.804. The molecule has 1 aromatic heterocycles. The summed E-state index contributed by atoms with van der Waals surface area (Å²) < 4.78 is 0. The number of nitrogens with two attached hydrogens (primary N) is 2. The first-order chi connectivity index (χ1) is 6.07. The number of anilines is 3. The molecule has 13 heavy (non-hydrogen) atoms. The van der Waals surface area contributed by atoms with E-state index in [0.717, 1.165) is 0 Å². The highest BCUT2D eigenvalue weighted by molar-refractivity contribution is 5.73. The Bertz CT molecular complexity index is 370. The summed E-state index contributed by atoms with van der Waals surface area (Å²) in [4.78, 5) is 0.379. The van der Waals surface area contributed by atoms with Crippen LogP contribution in [0.4, 0.5) is 17.2 Å². The highest BCUT2D eigenvalue weighted by Crippen LogP contribution is 2.17. The number of nitrogen functional groups attached to an aromatic ring is 2. The minimum absolute atomic E-state index is 0.00782. The maximum absolute atomic E-state index is 9.07. The van der Waals surface area contributed by atoms with Gasteiger partial charge in [0.2, 0.25) is 5.49 Å². The minimum Gasteiger partial charge on any atom is -0.410 e. The number of hydrogen-bond donors (Lipinski definition) is 5. The van der Waals surface area contributed by atoms with E-state index in [4.69, 9.17) is 22.1 Å². The first-order valence-electron chi connectivity index (χ1n) is 3.74. The molecule has 0 atom stereocenters. The van der Waals surface area contributed by atoms with Crippen molar-refractivity contribution in [2.45, 2.75) is 6.92 Å².